The highest BCUT2D eigenvalue weighted by molar-refractivity contribution is 5.84. The van der Waals surface area contributed by atoms with Crippen LogP contribution in [0, 0.1) is 13.8 Å². The van der Waals surface area contributed by atoms with E-state index in [1.54, 1.807) is 25.3 Å². The predicted molar refractivity (Wildman–Crippen MR) is 79.2 cm³/mol. The minimum Gasteiger partial charge on any atom is -0.507 e. The average Bonchev–Trinajstić information content (AvgIpc) is 2.83. The number of aromatic nitrogens is 2. The Bertz CT molecular complexity index is 791. The number of rotatable bonds is 2. The van der Waals surface area contributed by atoms with Crippen LogP contribution in [-0.2, 0) is 0 Å². The van der Waals surface area contributed by atoms with E-state index >= 15 is 0 Å². The Morgan fingerprint density at radius 3 is 2.70 bits per heavy atom. The summed E-state index contributed by atoms with van der Waals surface area (Å²) in [6.07, 6.45) is 0. The van der Waals surface area contributed by atoms with Crippen molar-refractivity contribution in [3.05, 3.63) is 41.5 Å². The number of hydrogen-bond acceptors (Lipinski definition) is 3. The van der Waals surface area contributed by atoms with E-state index in [-0.39, 0.29) is 5.75 Å². The van der Waals surface area contributed by atoms with Crippen molar-refractivity contribution in [1.29, 1.82) is 0 Å². The number of aryl methyl sites for hydroxylation is 2. The molecule has 102 valence electrons. The number of fused-ring (bicyclic) bond motifs is 1. The van der Waals surface area contributed by atoms with Gasteiger partial charge < -0.3 is 14.8 Å². The molecule has 3 rings (SSSR count). The second kappa shape index (κ2) is 4.56. The average molecular weight is 268 g/mol. The summed E-state index contributed by atoms with van der Waals surface area (Å²) in [5.41, 5.74) is 4.83. The molecule has 0 amide bonds. The molecule has 1 aromatic heterocycles. The molecular weight excluding hydrogens is 252 g/mol. The fourth-order valence-corrected chi connectivity index (χ4v) is 2.43. The minimum absolute atomic E-state index is 0.180. The first-order valence-corrected chi connectivity index (χ1v) is 6.43. The molecule has 0 spiro atoms. The van der Waals surface area contributed by atoms with Crippen molar-refractivity contribution in [3.63, 3.8) is 0 Å². The smallest absolute Gasteiger partial charge is 0.142 e. The summed E-state index contributed by atoms with van der Waals surface area (Å²) in [4.78, 5) is 7.85. The molecule has 0 radical (unpaired) electrons. The van der Waals surface area contributed by atoms with Gasteiger partial charge in [-0.3, -0.25) is 0 Å². The molecule has 0 aliphatic carbocycles. The number of aromatic amines is 1. The Hall–Kier alpha value is -2.49. The normalized spacial score (nSPS) is 10.9. The van der Waals surface area contributed by atoms with Crippen molar-refractivity contribution in [2.24, 2.45) is 0 Å². The molecule has 0 fully saturated rings. The number of nitrogens with one attached hydrogen (secondary N) is 1. The number of phenolic OH excluding ortho intramolecular Hbond substituents is 1. The first kappa shape index (κ1) is 12.5. The van der Waals surface area contributed by atoms with Crippen LogP contribution >= 0.6 is 0 Å². The van der Waals surface area contributed by atoms with E-state index in [0.29, 0.717) is 17.1 Å². The molecule has 2 N–H and O–H groups in total. The number of ether oxygens (including phenoxy) is 1. The number of phenols is 1. The fraction of sp³-hybridized carbons (Fsp3) is 0.188. The van der Waals surface area contributed by atoms with Crippen LogP contribution in [0.15, 0.2) is 30.3 Å². The lowest BCUT2D eigenvalue weighted by molar-refractivity contribution is 0.412. The lowest BCUT2D eigenvalue weighted by Crippen LogP contribution is -1.86. The van der Waals surface area contributed by atoms with Crippen molar-refractivity contribution in [1.82, 2.24) is 9.97 Å². The van der Waals surface area contributed by atoms with E-state index in [2.05, 4.69) is 29.0 Å². The number of benzene rings is 2. The maximum atomic E-state index is 10.0. The van der Waals surface area contributed by atoms with Gasteiger partial charge in [0.25, 0.3) is 0 Å². The van der Waals surface area contributed by atoms with Crippen molar-refractivity contribution in [2.75, 3.05) is 7.11 Å². The van der Waals surface area contributed by atoms with E-state index in [1.165, 1.54) is 5.56 Å². The molecule has 1 heterocycles. The summed E-state index contributed by atoms with van der Waals surface area (Å²) in [7, 11) is 1.60. The summed E-state index contributed by atoms with van der Waals surface area (Å²) in [5.74, 6) is 1.51. The van der Waals surface area contributed by atoms with Crippen molar-refractivity contribution >= 4 is 11.0 Å². The minimum atomic E-state index is 0.180. The third-order valence-corrected chi connectivity index (χ3v) is 3.38. The van der Waals surface area contributed by atoms with E-state index in [4.69, 9.17) is 4.74 Å². The van der Waals surface area contributed by atoms with Gasteiger partial charge in [0.2, 0.25) is 0 Å². The fourth-order valence-electron chi connectivity index (χ4n) is 2.43. The van der Waals surface area contributed by atoms with Gasteiger partial charge in [0.05, 0.1) is 23.7 Å². The first-order chi connectivity index (χ1) is 9.58. The lowest BCUT2D eigenvalue weighted by atomic mass is 10.1. The summed E-state index contributed by atoms with van der Waals surface area (Å²) in [5, 5.41) is 10.0. The van der Waals surface area contributed by atoms with Gasteiger partial charge in [0.1, 0.15) is 17.3 Å². The molecule has 2 aromatic carbocycles. The van der Waals surface area contributed by atoms with Crippen LogP contribution in [0.25, 0.3) is 22.4 Å². The molecule has 0 aliphatic heterocycles. The Labute approximate surface area is 117 Å². The second-order valence-electron chi connectivity index (χ2n) is 4.95. The number of aromatic hydroxyl groups is 1. The molecule has 0 bridgehead atoms. The SMILES string of the molecule is COc1ccc(O)c(-c2nc3c(C)cc(C)cc3[nH]2)c1. The maximum Gasteiger partial charge on any atom is 0.142 e. The van der Waals surface area contributed by atoms with E-state index in [1.807, 2.05) is 6.92 Å². The highest BCUT2D eigenvalue weighted by Gasteiger charge is 2.12. The molecule has 0 saturated heterocycles. The highest BCUT2D eigenvalue weighted by Crippen LogP contribution is 2.32. The third-order valence-electron chi connectivity index (χ3n) is 3.38. The van der Waals surface area contributed by atoms with Gasteiger partial charge in [-0.05, 0) is 49.2 Å². The van der Waals surface area contributed by atoms with Crippen LogP contribution in [0.2, 0.25) is 0 Å². The van der Waals surface area contributed by atoms with Crippen LogP contribution in [0.5, 0.6) is 11.5 Å². The Balaban J connectivity index is 2.22. The van der Waals surface area contributed by atoms with E-state index < -0.39 is 0 Å². The third kappa shape index (κ3) is 1.99. The van der Waals surface area contributed by atoms with Gasteiger partial charge in [-0.1, -0.05) is 6.07 Å². The standard InChI is InChI=1S/C16H16N2O2/c1-9-6-10(2)15-13(7-9)17-16(18-15)12-8-11(20-3)4-5-14(12)19/h4-8,19H,1-3H3,(H,17,18). The molecule has 4 nitrogen and oxygen atoms in total. The quantitative estimate of drug-likeness (QED) is 0.747. The number of methoxy groups -OCH3 is 1. The van der Waals surface area contributed by atoms with Crippen LogP contribution in [0.1, 0.15) is 11.1 Å². The van der Waals surface area contributed by atoms with Crippen molar-refractivity contribution < 1.29 is 9.84 Å². The van der Waals surface area contributed by atoms with Crippen LogP contribution in [-0.4, -0.2) is 22.2 Å². The largest absolute Gasteiger partial charge is 0.507 e. The zero-order valence-electron chi connectivity index (χ0n) is 11.7. The molecule has 0 aliphatic rings. The molecule has 4 heteroatoms. The summed E-state index contributed by atoms with van der Waals surface area (Å²) < 4.78 is 5.20. The van der Waals surface area contributed by atoms with Gasteiger partial charge in [-0.2, -0.15) is 0 Å². The van der Waals surface area contributed by atoms with E-state index in [0.717, 1.165) is 16.6 Å². The van der Waals surface area contributed by atoms with Gasteiger partial charge >= 0.3 is 0 Å². The number of nitrogens with zero attached hydrogens (tertiary/aromatic N) is 1. The molecule has 20 heavy (non-hydrogen) atoms. The molecule has 0 unspecified atom stereocenters. The van der Waals surface area contributed by atoms with Gasteiger partial charge in [-0.15, -0.1) is 0 Å². The van der Waals surface area contributed by atoms with Crippen LogP contribution in [0.3, 0.4) is 0 Å². The summed E-state index contributed by atoms with van der Waals surface area (Å²) >= 11 is 0. The number of imidazole rings is 1. The number of hydrogen-bond donors (Lipinski definition) is 2. The predicted octanol–water partition coefficient (Wildman–Crippen LogP) is 3.56. The maximum absolute atomic E-state index is 10.0. The summed E-state index contributed by atoms with van der Waals surface area (Å²) in [6, 6.07) is 9.25. The Morgan fingerprint density at radius 2 is 1.95 bits per heavy atom. The van der Waals surface area contributed by atoms with Gasteiger partial charge in [0.15, 0.2) is 0 Å². The monoisotopic (exact) mass is 268 g/mol. The van der Waals surface area contributed by atoms with E-state index in [9.17, 15) is 5.11 Å². The van der Waals surface area contributed by atoms with Crippen molar-refractivity contribution in [2.45, 2.75) is 13.8 Å². The van der Waals surface area contributed by atoms with Gasteiger partial charge in [0, 0.05) is 0 Å². The Morgan fingerprint density at radius 1 is 1.15 bits per heavy atom. The van der Waals surface area contributed by atoms with Crippen LogP contribution < -0.4 is 4.74 Å². The topological polar surface area (TPSA) is 58.1 Å². The summed E-state index contributed by atoms with van der Waals surface area (Å²) in [6.45, 7) is 4.08. The first-order valence-electron chi connectivity index (χ1n) is 6.43. The second-order valence-corrected chi connectivity index (χ2v) is 4.95. The Kier molecular flexibility index (Phi) is 2.86. The molecular formula is C16H16N2O2. The van der Waals surface area contributed by atoms with Gasteiger partial charge in [-0.25, -0.2) is 4.98 Å². The molecule has 0 saturated carbocycles. The molecule has 0 atom stereocenters. The zero-order chi connectivity index (χ0) is 14.3. The van der Waals surface area contributed by atoms with Crippen molar-refractivity contribution in [3.8, 4) is 22.9 Å². The van der Waals surface area contributed by atoms with Crippen LogP contribution in [0.4, 0.5) is 0 Å². The molecule has 3 aromatic rings. The highest BCUT2D eigenvalue weighted by atomic mass is 16.5. The number of H-pyrrole nitrogens is 1. The zero-order valence-corrected chi connectivity index (χ0v) is 11.7. The lowest BCUT2D eigenvalue weighted by Gasteiger charge is -2.04.